The van der Waals surface area contributed by atoms with Crippen LogP contribution in [0.25, 0.3) is 11.1 Å². The van der Waals surface area contributed by atoms with E-state index < -0.39 is 11.7 Å². The van der Waals surface area contributed by atoms with E-state index in [9.17, 15) is 19.1 Å². The number of carbonyl (C=O) groups excluding carboxylic acids is 1. The lowest BCUT2D eigenvalue weighted by Gasteiger charge is -2.35. The molecule has 2 aliphatic rings. The standard InChI is InChI=1S/C27H28FN3O3/c1-16(17-8-4-3-5-9-17)29-26(33)24-20(15-32)23-14-31-22(25(24)30(23)2)13-12-19(27(31)34)18-10-6-7-11-21(18)28/h3-13,16,20,23-25,32H,14-15H2,1-2H3,(H,29,33)/t16-,20+,23+,24-,25-/m0/s1. The van der Waals surface area contributed by atoms with E-state index in [1.54, 1.807) is 28.8 Å². The molecule has 176 valence electrons. The molecule has 0 radical (unpaired) electrons. The van der Waals surface area contributed by atoms with Gasteiger partial charge < -0.3 is 15.0 Å². The fourth-order valence-electron chi connectivity index (χ4n) is 5.71. The van der Waals surface area contributed by atoms with Gasteiger partial charge in [-0.15, -0.1) is 0 Å². The summed E-state index contributed by atoms with van der Waals surface area (Å²) in [6, 6.07) is 18.7. The van der Waals surface area contributed by atoms with E-state index >= 15 is 0 Å². The third-order valence-electron chi connectivity index (χ3n) is 7.47. The van der Waals surface area contributed by atoms with Gasteiger partial charge in [-0.3, -0.25) is 14.5 Å². The second kappa shape index (κ2) is 8.81. The molecule has 0 spiro atoms. The second-order valence-corrected chi connectivity index (χ2v) is 9.26. The van der Waals surface area contributed by atoms with Crippen LogP contribution in [0.5, 0.6) is 0 Å². The lowest BCUT2D eigenvalue weighted by molar-refractivity contribution is -0.128. The molecule has 1 fully saturated rings. The Kier molecular flexibility index (Phi) is 5.83. The Labute approximate surface area is 197 Å². The number of benzene rings is 2. The molecular formula is C27H28FN3O3. The Balaban J connectivity index is 1.52. The quantitative estimate of drug-likeness (QED) is 0.612. The Morgan fingerprint density at radius 1 is 1.09 bits per heavy atom. The summed E-state index contributed by atoms with van der Waals surface area (Å²) in [5.41, 5.74) is 1.99. The van der Waals surface area contributed by atoms with Crippen LogP contribution in [-0.2, 0) is 11.3 Å². The Morgan fingerprint density at radius 2 is 1.79 bits per heavy atom. The maximum Gasteiger partial charge on any atom is 0.258 e. The van der Waals surface area contributed by atoms with Crippen molar-refractivity contribution in [2.45, 2.75) is 31.6 Å². The number of likely N-dealkylation sites (N-methyl/N-ethyl adjacent to an activating group) is 1. The zero-order valence-electron chi connectivity index (χ0n) is 19.2. The van der Waals surface area contributed by atoms with Crippen molar-refractivity contribution in [3.63, 3.8) is 0 Å². The molecule has 1 amide bonds. The van der Waals surface area contributed by atoms with Crippen LogP contribution in [0.3, 0.4) is 0 Å². The molecule has 1 saturated heterocycles. The summed E-state index contributed by atoms with van der Waals surface area (Å²) in [4.78, 5) is 29.1. The van der Waals surface area contributed by atoms with Crippen molar-refractivity contribution >= 4 is 5.91 Å². The minimum Gasteiger partial charge on any atom is -0.396 e. The number of rotatable bonds is 5. The van der Waals surface area contributed by atoms with Crippen molar-refractivity contribution < 1.29 is 14.3 Å². The molecule has 2 bridgehead atoms. The average Bonchev–Trinajstić information content (AvgIpc) is 3.02. The van der Waals surface area contributed by atoms with Gasteiger partial charge in [0.05, 0.1) is 23.6 Å². The Hall–Kier alpha value is -3.29. The predicted molar refractivity (Wildman–Crippen MR) is 127 cm³/mol. The van der Waals surface area contributed by atoms with Crippen molar-refractivity contribution in [3.05, 3.63) is 94.2 Å². The molecule has 3 aromatic rings. The number of aliphatic hydroxyl groups excluding tert-OH is 1. The van der Waals surface area contributed by atoms with Crippen molar-refractivity contribution in [1.29, 1.82) is 0 Å². The number of nitrogens with zero attached hydrogens (tertiary/aromatic N) is 2. The first-order valence-electron chi connectivity index (χ1n) is 11.6. The van der Waals surface area contributed by atoms with Gasteiger partial charge in [0.25, 0.3) is 5.56 Å². The number of aliphatic hydroxyl groups is 1. The lowest BCUT2D eigenvalue weighted by atomic mass is 9.86. The van der Waals surface area contributed by atoms with Crippen LogP contribution in [0.1, 0.15) is 30.3 Å². The molecule has 5 atom stereocenters. The molecular weight excluding hydrogens is 433 g/mol. The van der Waals surface area contributed by atoms with Gasteiger partial charge in [0.2, 0.25) is 5.91 Å². The number of hydrogen-bond donors (Lipinski definition) is 2. The molecule has 5 rings (SSSR count). The summed E-state index contributed by atoms with van der Waals surface area (Å²) in [6.45, 7) is 2.12. The van der Waals surface area contributed by atoms with E-state index in [0.717, 1.165) is 5.56 Å². The number of nitrogens with one attached hydrogen (secondary N) is 1. The highest BCUT2D eigenvalue weighted by Crippen LogP contribution is 2.47. The van der Waals surface area contributed by atoms with Crippen LogP contribution in [0.2, 0.25) is 0 Å². The van der Waals surface area contributed by atoms with E-state index in [4.69, 9.17) is 0 Å². The number of hydrogen-bond acceptors (Lipinski definition) is 4. The van der Waals surface area contributed by atoms with Crippen LogP contribution >= 0.6 is 0 Å². The maximum absolute atomic E-state index is 14.4. The number of carbonyl (C=O) groups is 1. The Morgan fingerprint density at radius 3 is 2.50 bits per heavy atom. The molecule has 7 heteroatoms. The predicted octanol–water partition coefficient (Wildman–Crippen LogP) is 3.13. The van der Waals surface area contributed by atoms with Crippen LogP contribution < -0.4 is 10.9 Å². The smallest absolute Gasteiger partial charge is 0.258 e. The molecule has 2 aromatic carbocycles. The second-order valence-electron chi connectivity index (χ2n) is 9.26. The fraction of sp³-hybridized carbons (Fsp3) is 0.333. The van der Waals surface area contributed by atoms with Crippen LogP contribution in [0, 0.1) is 17.7 Å². The van der Waals surface area contributed by atoms with E-state index in [2.05, 4.69) is 10.2 Å². The zero-order valence-corrected chi connectivity index (χ0v) is 19.2. The molecule has 1 aromatic heterocycles. The highest BCUT2D eigenvalue weighted by atomic mass is 19.1. The molecule has 6 nitrogen and oxygen atoms in total. The van der Waals surface area contributed by atoms with E-state index in [-0.39, 0.29) is 47.7 Å². The first kappa shape index (κ1) is 22.5. The number of amides is 1. The molecule has 34 heavy (non-hydrogen) atoms. The summed E-state index contributed by atoms with van der Waals surface area (Å²) >= 11 is 0. The van der Waals surface area contributed by atoms with Gasteiger partial charge in [-0.05, 0) is 37.7 Å². The zero-order chi connectivity index (χ0) is 24.0. The number of pyridine rings is 1. The Bertz CT molecular complexity index is 1280. The van der Waals surface area contributed by atoms with Crippen molar-refractivity contribution in [3.8, 4) is 11.1 Å². The van der Waals surface area contributed by atoms with Gasteiger partial charge in [0, 0.05) is 36.4 Å². The molecule has 0 saturated carbocycles. The van der Waals surface area contributed by atoms with Gasteiger partial charge >= 0.3 is 0 Å². The average molecular weight is 462 g/mol. The van der Waals surface area contributed by atoms with E-state index in [1.165, 1.54) is 6.07 Å². The molecule has 3 heterocycles. The number of aromatic nitrogens is 1. The van der Waals surface area contributed by atoms with Crippen molar-refractivity contribution in [1.82, 2.24) is 14.8 Å². The van der Waals surface area contributed by atoms with Crippen LogP contribution in [-0.4, -0.2) is 40.2 Å². The molecule has 0 unspecified atom stereocenters. The van der Waals surface area contributed by atoms with Crippen LogP contribution in [0.4, 0.5) is 4.39 Å². The first-order chi connectivity index (χ1) is 16.4. The molecule has 2 N–H and O–H groups in total. The molecule has 2 aliphatic heterocycles. The van der Waals surface area contributed by atoms with Gasteiger partial charge in [-0.2, -0.15) is 0 Å². The van der Waals surface area contributed by atoms with E-state index in [1.807, 2.05) is 50.4 Å². The SMILES string of the molecule is C[C@H](NC(=O)[C@H]1[C@H](CO)[C@H]2Cn3c(ccc(-c4ccccc4F)c3=O)[C@@H]1N2C)c1ccccc1. The highest BCUT2D eigenvalue weighted by molar-refractivity contribution is 5.81. The monoisotopic (exact) mass is 461 g/mol. The van der Waals surface area contributed by atoms with Gasteiger partial charge in [0.1, 0.15) is 5.82 Å². The maximum atomic E-state index is 14.4. The summed E-state index contributed by atoms with van der Waals surface area (Å²) < 4.78 is 16.1. The third-order valence-corrected chi connectivity index (χ3v) is 7.47. The minimum atomic E-state index is -0.515. The largest absolute Gasteiger partial charge is 0.396 e. The van der Waals surface area contributed by atoms with Crippen molar-refractivity contribution in [2.24, 2.45) is 11.8 Å². The lowest BCUT2D eigenvalue weighted by Crippen LogP contribution is -2.44. The summed E-state index contributed by atoms with van der Waals surface area (Å²) in [6.07, 6.45) is 0. The summed E-state index contributed by atoms with van der Waals surface area (Å²) in [5.74, 6) is -1.43. The number of fused-ring (bicyclic) bond motifs is 4. The van der Waals surface area contributed by atoms with Gasteiger partial charge in [0.15, 0.2) is 0 Å². The first-order valence-corrected chi connectivity index (χ1v) is 11.6. The van der Waals surface area contributed by atoms with Crippen LogP contribution in [0.15, 0.2) is 71.5 Å². The number of halogens is 1. The fourth-order valence-corrected chi connectivity index (χ4v) is 5.71. The van der Waals surface area contributed by atoms with Gasteiger partial charge in [-0.25, -0.2) is 4.39 Å². The normalized spacial score (nSPS) is 24.5. The molecule has 0 aliphatic carbocycles. The third kappa shape index (κ3) is 3.56. The summed E-state index contributed by atoms with van der Waals surface area (Å²) in [5, 5.41) is 13.4. The minimum absolute atomic E-state index is 0.145. The topological polar surface area (TPSA) is 74.6 Å². The van der Waals surface area contributed by atoms with Gasteiger partial charge in [-0.1, -0.05) is 48.5 Å². The highest BCUT2D eigenvalue weighted by Gasteiger charge is 2.54. The summed E-state index contributed by atoms with van der Waals surface area (Å²) in [7, 11) is 1.94. The van der Waals surface area contributed by atoms with E-state index in [0.29, 0.717) is 17.8 Å². The van der Waals surface area contributed by atoms with Crippen molar-refractivity contribution in [2.75, 3.05) is 13.7 Å².